The number of likely N-dealkylation sites (tertiary alicyclic amines) is 1. The van der Waals surface area contributed by atoms with Crippen LogP contribution in [-0.2, 0) is 24.0 Å². The van der Waals surface area contributed by atoms with Gasteiger partial charge in [-0.1, -0.05) is 41.0 Å². The predicted molar refractivity (Wildman–Crippen MR) is 167 cm³/mol. The Kier molecular flexibility index (Phi) is 13.3. The number of aromatic nitrogens is 2. The lowest BCUT2D eigenvalue weighted by Gasteiger charge is -2.34. The highest BCUT2D eigenvalue weighted by Crippen LogP contribution is 2.42. The summed E-state index contributed by atoms with van der Waals surface area (Å²) in [6.45, 7) is 10.6. The Hall–Kier alpha value is -4.04. The van der Waals surface area contributed by atoms with Crippen LogP contribution in [0.15, 0.2) is 18.6 Å². The number of nitrogens with zero attached hydrogens (tertiary/aromatic N) is 3. The Morgan fingerprint density at radius 3 is 2.17 bits per heavy atom. The highest BCUT2D eigenvalue weighted by atomic mass is 19.3. The van der Waals surface area contributed by atoms with Crippen LogP contribution in [0, 0.1) is 23.7 Å². The molecule has 7 atom stereocenters. The molecule has 2 aliphatic rings. The number of fused-ring (bicyclic) bond motifs is 1. The number of hydrogen-bond donors (Lipinski definition) is 4. The summed E-state index contributed by atoms with van der Waals surface area (Å²) in [6.07, 6.45) is 2.64. The number of halogens is 2. The molecule has 4 N–H and O–H groups in total. The zero-order valence-corrected chi connectivity index (χ0v) is 27.8. The summed E-state index contributed by atoms with van der Waals surface area (Å²) in [6, 6.07) is -5.37. The van der Waals surface area contributed by atoms with Crippen molar-refractivity contribution in [2.45, 2.75) is 110 Å². The second-order valence-electron chi connectivity index (χ2n) is 13.1. The number of rotatable bonds is 15. The zero-order chi connectivity index (χ0) is 35.0. The molecule has 1 saturated carbocycles. The quantitative estimate of drug-likeness (QED) is 0.205. The van der Waals surface area contributed by atoms with Gasteiger partial charge in [0.25, 0.3) is 11.8 Å². The summed E-state index contributed by atoms with van der Waals surface area (Å²) in [5.41, 5.74) is 0.0147. The molecule has 1 aliphatic heterocycles. The second kappa shape index (κ2) is 16.7. The van der Waals surface area contributed by atoms with Gasteiger partial charge < -0.3 is 26.2 Å². The molecule has 260 valence electrons. The van der Waals surface area contributed by atoms with E-state index in [1.165, 1.54) is 23.5 Å². The Morgan fingerprint density at radius 2 is 1.60 bits per heavy atom. The van der Waals surface area contributed by atoms with Crippen LogP contribution in [0.25, 0.3) is 0 Å². The van der Waals surface area contributed by atoms with Crippen molar-refractivity contribution < 1.29 is 37.5 Å². The lowest BCUT2D eigenvalue weighted by Crippen LogP contribution is -2.60. The number of Topliss-reactive ketones (excluding diaryl/α,β-unsaturated/α-hetero) is 1. The summed E-state index contributed by atoms with van der Waals surface area (Å²) in [5.74, 6) is -5.95. The van der Waals surface area contributed by atoms with Crippen molar-refractivity contribution in [2.75, 3.05) is 6.54 Å². The van der Waals surface area contributed by atoms with Crippen molar-refractivity contribution >= 4 is 35.3 Å². The molecule has 13 nitrogen and oxygen atoms in total. The van der Waals surface area contributed by atoms with Crippen LogP contribution in [0.4, 0.5) is 8.78 Å². The van der Waals surface area contributed by atoms with Gasteiger partial charge >= 0.3 is 0 Å². The Bertz CT molecular complexity index is 1300. The average molecular weight is 664 g/mol. The molecule has 3 rings (SSSR count). The third-order valence-electron chi connectivity index (χ3n) is 8.96. The van der Waals surface area contributed by atoms with E-state index < -0.39 is 78.3 Å². The molecule has 0 aromatic carbocycles. The SMILES string of the molecule is CC[C@H](C)NC(=O)C(=O)C(CC(F)F)NC(=O)C1[C@H]2CCC[C@H]2CN1C(=O)[C@@H](NC(=O)[C@H](NC(=O)c1cnccn1)C(C)C)C(C)C. The van der Waals surface area contributed by atoms with Gasteiger partial charge in [0, 0.05) is 31.4 Å². The summed E-state index contributed by atoms with van der Waals surface area (Å²) < 4.78 is 27.1. The maximum absolute atomic E-state index is 14.1. The zero-order valence-electron chi connectivity index (χ0n) is 27.8. The highest BCUT2D eigenvalue weighted by Gasteiger charge is 2.51. The first-order valence-electron chi connectivity index (χ1n) is 16.3. The molecule has 5 amide bonds. The fourth-order valence-corrected chi connectivity index (χ4v) is 6.19. The predicted octanol–water partition coefficient (Wildman–Crippen LogP) is 1.62. The first-order valence-corrected chi connectivity index (χ1v) is 16.3. The van der Waals surface area contributed by atoms with Gasteiger partial charge in [0.1, 0.15) is 29.9 Å². The van der Waals surface area contributed by atoms with Crippen molar-refractivity contribution in [2.24, 2.45) is 23.7 Å². The third-order valence-corrected chi connectivity index (χ3v) is 8.96. The molecule has 1 saturated heterocycles. The standard InChI is InChI=1S/C32H47F2N7O6/c1-7-18(6)37-31(46)27(42)21(13-23(33)34)38-30(45)26-20-10-8-9-19(20)15-41(26)32(47)25(17(4)5)40-29(44)24(16(2)3)39-28(43)22-14-35-11-12-36-22/h11-12,14,16-21,23-26H,7-10,13,15H2,1-6H3,(H,37,46)(H,38,45)(H,39,43)(H,40,44)/t18-,19-,20-,21?,24+,25-,26?/m0/s1. The maximum atomic E-state index is 14.1. The molecule has 2 heterocycles. The molecule has 0 bridgehead atoms. The Morgan fingerprint density at radius 1 is 0.915 bits per heavy atom. The van der Waals surface area contributed by atoms with E-state index in [2.05, 4.69) is 31.2 Å². The van der Waals surface area contributed by atoms with Gasteiger partial charge in [0.15, 0.2) is 0 Å². The second-order valence-corrected chi connectivity index (χ2v) is 13.1. The minimum absolute atomic E-state index is 0.0147. The topological polar surface area (TPSA) is 180 Å². The number of alkyl halides is 2. The molecule has 47 heavy (non-hydrogen) atoms. The van der Waals surface area contributed by atoms with Crippen LogP contribution < -0.4 is 21.3 Å². The molecule has 1 aromatic rings. The van der Waals surface area contributed by atoms with Gasteiger partial charge in [0.2, 0.25) is 29.9 Å². The molecule has 0 radical (unpaired) electrons. The first-order chi connectivity index (χ1) is 22.2. The molecule has 2 unspecified atom stereocenters. The maximum Gasteiger partial charge on any atom is 0.289 e. The van der Waals surface area contributed by atoms with Crippen LogP contribution >= 0.6 is 0 Å². The van der Waals surface area contributed by atoms with Crippen LogP contribution in [-0.4, -0.2) is 93.4 Å². The van der Waals surface area contributed by atoms with E-state index in [0.717, 1.165) is 12.8 Å². The van der Waals surface area contributed by atoms with Crippen LogP contribution in [0.2, 0.25) is 0 Å². The van der Waals surface area contributed by atoms with Gasteiger partial charge in [-0.3, -0.25) is 33.8 Å². The molecule has 1 aromatic heterocycles. The van der Waals surface area contributed by atoms with E-state index in [-0.39, 0.29) is 36.0 Å². The van der Waals surface area contributed by atoms with Crippen LogP contribution in [0.3, 0.4) is 0 Å². The fraction of sp³-hybridized carbons (Fsp3) is 0.688. The van der Waals surface area contributed by atoms with Crippen molar-refractivity contribution in [1.29, 1.82) is 0 Å². The smallest absolute Gasteiger partial charge is 0.289 e. The highest BCUT2D eigenvalue weighted by molar-refractivity contribution is 6.38. The van der Waals surface area contributed by atoms with Crippen molar-refractivity contribution in [3.8, 4) is 0 Å². The van der Waals surface area contributed by atoms with Crippen LogP contribution in [0.1, 0.15) is 84.1 Å². The normalized spacial score (nSPS) is 21.5. The first kappa shape index (κ1) is 37.4. The van der Waals surface area contributed by atoms with Crippen molar-refractivity contribution in [1.82, 2.24) is 36.1 Å². The van der Waals surface area contributed by atoms with E-state index in [0.29, 0.717) is 12.8 Å². The van der Waals surface area contributed by atoms with E-state index in [9.17, 15) is 37.5 Å². The third kappa shape index (κ3) is 9.50. The van der Waals surface area contributed by atoms with Crippen molar-refractivity contribution in [3.63, 3.8) is 0 Å². The van der Waals surface area contributed by atoms with E-state index in [1.807, 2.05) is 0 Å². The number of carbonyl (C=O) groups excluding carboxylic acids is 6. The fourth-order valence-electron chi connectivity index (χ4n) is 6.19. The van der Waals surface area contributed by atoms with E-state index in [4.69, 9.17) is 0 Å². The van der Waals surface area contributed by atoms with Gasteiger partial charge in [-0.05, 0) is 49.9 Å². The minimum Gasteiger partial charge on any atom is -0.347 e. The van der Waals surface area contributed by atoms with Crippen LogP contribution in [0.5, 0.6) is 0 Å². The van der Waals surface area contributed by atoms with E-state index in [1.54, 1.807) is 41.5 Å². The summed E-state index contributed by atoms with van der Waals surface area (Å²) in [4.78, 5) is 88.8. The lowest BCUT2D eigenvalue weighted by atomic mass is 9.92. The summed E-state index contributed by atoms with van der Waals surface area (Å²) in [7, 11) is 0. The van der Waals surface area contributed by atoms with Gasteiger partial charge in [-0.2, -0.15) is 0 Å². The van der Waals surface area contributed by atoms with Gasteiger partial charge in [-0.15, -0.1) is 0 Å². The number of nitrogens with one attached hydrogen (secondary N) is 4. The van der Waals surface area contributed by atoms with Gasteiger partial charge in [0.05, 0.1) is 6.20 Å². The number of ketones is 1. The largest absolute Gasteiger partial charge is 0.347 e. The molecule has 2 fully saturated rings. The lowest BCUT2D eigenvalue weighted by molar-refractivity contribution is -0.145. The Labute approximate surface area is 273 Å². The summed E-state index contributed by atoms with van der Waals surface area (Å²) >= 11 is 0. The number of carbonyl (C=O) groups is 6. The van der Waals surface area contributed by atoms with E-state index >= 15 is 0 Å². The summed E-state index contributed by atoms with van der Waals surface area (Å²) in [5, 5.41) is 10.2. The molecular weight excluding hydrogens is 616 g/mol. The molecular formula is C32H47F2N7O6. The van der Waals surface area contributed by atoms with Gasteiger partial charge in [-0.25, -0.2) is 13.8 Å². The molecule has 1 aliphatic carbocycles. The van der Waals surface area contributed by atoms with Crippen molar-refractivity contribution in [3.05, 3.63) is 24.3 Å². The minimum atomic E-state index is -2.98. The molecule has 0 spiro atoms. The number of hydrogen-bond acceptors (Lipinski definition) is 8. The average Bonchev–Trinajstić information content (AvgIpc) is 3.62. The monoisotopic (exact) mass is 663 g/mol. The number of amides is 5. The molecule has 15 heteroatoms. The Balaban J connectivity index is 1.82.